The fraction of sp³-hybridized carbons (Fsp3) is 0.333. The number of benzene rings is 3. The summed E-state index contributed by atoms with van der Waals surface area (Å²) in [6.45, 7) is 0.319. The standard InChI is InChI=1S/C30H30F2N2O2.ClH/c1-34(2)25-14-8-3-9-19(25)17-27(36)29-28-20(18-33-29)26(35)15-16-30(28,21-10-4-6-12-23(21)31)22-11-5-7-13-24(22)32;/h3-14,20,28-29,33H,15-18H2,1-2H3;1H. The van der Waals surface area contributed by atoms with E-state index in [0.29, 0.717) is 17.7 Å². The van der Waals surface area contributed by atoms with Crippen LogP contribution < -0.4 is 10.2 Å². The predicted molar refractivity (Wildman–Crippen MR) is 143 cm³/mol. The average Bonchev–Trinajstić information content (AvgIpc) is 3.33. The van der Waals surface area contributed by atoms with Crippen molar-refractivity contribution in [3.63, 3.8) is 0 Å². The van der Waals surface area contributed by atoms with Crippen molar-refractivity contribution in [1.29, 1.82) is 0 Å². The quantitative estimate of drug-likeness (QED) is 0.486. The Morgan fingerprint density at radius 1 is 0.946 bits per heavy atom. The van der Waals surface area contributed by atoms with Gasteiger partial charge in [-0.15, -0.1) is 12.4 Å². The van der Waals surface area contributed by atoms with E-state index < -0.39 is 34.9 Å². The van der Waals surface area contributed by atoms with Crippen LogP contribution in [0, 0.1) is 23.5 Å². The van der Waals surface area contributed by atoms with Gasteiger partial charge in [-0.05, 0) is 41.3 Å². The number of carbonyl (C=O) groups excluding carboxylic acids is 2. The number of fused-ring (bicyclic) bond motifs is 1. The van der Waals surface area contributed by atoms with Gasteiger partial charge in [-0.2, -0.15) is 0 Å². The number of Topliss-reactive ketones (excluding diaryl/α,β-unsaturated/α-hetero) is 2. The smallest absolute Gasteiger partial charge is 0.154 e. The molecular weight excluding hydrogens is 494 g/mol. The highest BCUT2D eigenvalue weighted by Crippen LogP contribution is 2.54. The zero-order chi connectivity index (χ0) is 25.4. The fourth-order valence-electron chi connectivity index (χ4n) is 6.48. The van der Waals surface area contributed by atoms with E-state index >= 15 is 8.78 Å². The third-order valence-corrected chi connectivity index (χ3v) is 7.99. The minimum Gasteiger partial charge on any atom is -0.377 e. The van der Waals surface area contributed by atoms with Crippen molar-refractivity contribution in [2.75, 3.05) is 25.5 Å². The van der Waals surface area contributed by atoms with E-state index in [4.69, 9.17) is 0 Å². The second kappa shape index (κ2) is 10.7. The second-order valence-corrected chi connectivity index (χ2v) is 10.1. The van der Waals surface area contributed by atoms with Crippen LogP contribution in [0.2, 0.25) is 0 Å². The van der Waals surface area contributed by atoms with Gasteiger partial charge in [0, 0.05) is 56.4 Å². The largest absolute Gasteiger partial charge is 0.377 e. The average molecular weight is 525 g/mol. The highest BCUT2D eigenvalue weighted by Gasteiger charge is 2.59. The van der Waals surface area contributed by atoms with Crippen molar-refractivity contribution in [3.8, 4) is 0 Å². The van der Waals surface area contributed by atoms with Crippen LogP contribution in [0.1, 0.15) is 29.5 Å². The van der Waals surface area contributed by atoms with E-state index in [2.05, 4.69) is 5.32 Å². The van der Waals surface area contributed by atoms with Gasteiger partial charge in [-0.1, -0.05) is 54.6 Å². The molecule has 1 saturated heterocycles. The molecule has 4 nitrogen and oxygen atoms in total. The molecule has 1 saturated carbocycles. The molecule has 1 heterocycles. The summed E-state index contributed by atoms with van der Waals surface area (Å²) in [5.41, 5.74) is 1.35. The van der Waals surface area contributed by atoms with E-state index in [1.807, 2.05) is 43.3 Å². The Labute approximate surface area is 222 Å². The maximum atomic E-state index is 15.5. The van der Waals surface area contributed by atoms with Crippen LogP contribution in [-0.4, -0.2) is 38.2 Å². The molecule has 3 aromatic rings. The zero-order valence-corrected chi connectivity index (χ0v) is 21.7. The maximum absolute atomic E-state index is 15.5. The Kier molecular flexibility index (Phi) is 7.81. The van der Waals surface area contributed by atoms with Crippen molar-refractivity contribution < 1.29 is 18.4 Å². The van der Waals surface area contributed by atoms with Crippen LogP contribution in [0.5, 0.6) is 0 Å². The molecule has 194 valence electrons. The Morgan fingerprint density at radius 3 is 2.11 bits per heavy atom. The maximum Gasteiger partial charge on any atom is 0.154 e. The van der Waals surface area contributed by atoms with Gasteiger partial charge in [0.15, 0.2) is 5.78 Å². The number of hydrogen-bond acceptors (Lipinski definition) is 4. The van der Waals surface area contributed by atoms with Crippen LogP contribution in [-0.2, 0) is 21.4 Å². The first-order chi connectivity index (χ1) is 17.3. The van der Waals surface area contributed by atoms with Gasteiger partial charge in [0.2, 0.25) is 0 Å². The first kappa shape index (κ1) is 27.0. The number of para-hydroxylation sites is 1. The normalized spacial score (nSPS) is 22.2. The SMILES string of the molecule is CN(C)c1ccccc1CC(=O)C1NCC2C(=O)CCC(c3ccccc3F)(c3ccccc3F)C21.Cl. The Balaban J connectivity index is 0.00000320. The number of rotatable bonds is 6. The number of nitrogens with zero attached hydrogens (tertiary/aromatic N) is 1. The van der Waals surface area contributed by atoms with Gasteiger partial charge in [0.25, 0.3) is 0 Å². The first-order valence-corrected chi connectivity index (χ1v) is 12.4. The number of carbonyl (C=O) groups is 2. The fourth-order valence-corrected chi connectivity index (χ4v) is 6.48. The van der Waals surface area contributed by atoms with E-state index in [9.17, 15) is 9.59 Å². The lowest BCUT2D eigenvalue weighted by atomic mass is 9.54. The number of anilines is 1. The lowest BCUT2D eigenvalue weighted by Gasteiger charge is -2.47. The summed E-state index contributed by atoms with van der Waals surface area (Å²) in [7, 11) is 3.85. The number of hydrogen-bond donors (Lipinski definition) is 1. The van der Waals surface area contributed by atoms with E-state index in [-0.39, 0.29) is 43.2 Å². The number of ketones is 2. The minimum atomic E-state index is -1.15. The molecule has 2 fully saturated rings. The summed E-state index contributed by atoms with van der Waals surface area (Å²) in [6, 6.07) is 19.8. The highest BCUT2D eigenvalue weighted by atomic mass is 35.5. The molecule has 0 bridgehead atoms. The summed E-state index contributed by atoms with van der Waals surface area (Å²) >= 11 is 0. The Bertz CT molecular complexity index is 1270. The molecule has 0 aromatic heterocycles. The van der Waals surface area contributed by atoms with Crippen molar-refractivity contribution in [2.45, 2.75) is 30.7 Å². The molecule has 3 unspecified atom stereocenters. The molecule has 37 heavy (non-hydrogen) atoms. The molecular formula is C30H31ClF2N2O2. The van der Waals surface area contributed by atoms with E-state index in [1.54, 1.807) is 36.4 Å². The van der Waals surface area contributed by atoms with Crippen molar-refractivity contribution in [3.05, 3.63) is 101 Å². The van der Waals surface area contributed by atoms with Gasteiger partial charge < -0.3 is 10.2 Å². The molecule has 1 N–H and O–H groups in total. The molecule has 1 aliphatic heterocycles. The van der Waals surface area contributed by atoms with Crippen LogP contribution in [0.4, 0.5) is 14.5 Å². The third kappa shape index (κ3) is 4.57. The Morgan fingerprint density at radius 2 is 1.51 bits per heavy atom. The molecule has 5 rings (SSSR count). The van der Waals surface area contributed by atoms with Crippen molar-refractivity contribution in [1.82, 2.24) is 5.32 Å². The van der Waals surface area contributed by atoms with Gasteiger partial charge in [-0.25, -0.2) is 8.78 Å². The molecule has 3 aromatic carbocycles. The third-order valence-electron chi connectivity index (χ3n) is 7.99. The summed E-state index contributed by atoms with van der Waals surface area (Å²) in [5, 5.41) is 3.30. The topological polar surface area (TPSA) is 49.4 Å². The van der Waals surface area contributed by atoms with Crippen molar-refractivity contribution >= 4 is 29.7 Å². The zero-order valence-electron chi connectivity index (χ0n) is 20.9. The molecule has 0 amide bonds. The first-order valence-electron chi connectivity index (χ1n) is 12.4. The van der Waals surface area contributed by atoms with Gasteiger partial charge >= 0.3 is 0 Å². The summed E-state index contributed by atoms with van der Waals surface area (Å²) < 4.78 is 31.0. The lowest BCUT2D eigenvalue weighted by molar-refractivity contribution is -0.128. The molecule has 3 atom stereocenters. The van der Waals surface area contributed by atoms with Crippen molar-refractivity contribution in [2.24, 2.45) is 11.8 Å². The number of nitrogens with one attached hydrogen (secondary N) is 1. The second-order valence-electron chi connectivity index (χ2n) is 10.1. The van der Waals surface area contributed by atoms with E-state index in [1.165, 1.54) is 12.1 Å². The molecule has 0 radical (unpaired) electrons. The van der Waals surface area contributed by atoms with E-state index in [0.717, 1.165) is 11.3 Å². The number of halogens is 3. The summed E-state index contributed by atoms with van der Waals surface area (Å²) in [6.07, 6.45) is 0.610. The molecule has 1 aliphatic carbocycles. The highest BCUT2D eigenvalue weighted by molar-refractivity contribution is 5.92. The summed E-state index contributed by atoms with van der Waals surface area (Å²) in [5.74, 6) is -2.05. The molecule has 0 spiro atoms. The van der Waals surface area contributed by atoms with Gasteiger partial charge in [0.05, 0.1) is 6.04 Å². The van der Waals surface area contributed by atoms with Gasteiger partial charge in [0.1, 0.15) is 17.4 Å². The monoisotopic (exact) mass is 524 g/mol. The summed E-state index contributed by atoms with van der Waals surface area (Å²) in [4.78, 5) is 29.0. The molecule has 2 aliphatic rings. The minimum absolute atomic E-state index is 0. The molecule has 7 heteroatoms. The van der Waals surface area contributed by atoms with Gasteiger partial charge in [-0.3, -0.25) is 9.59 Å². The van der Waals surface area contributed by atoms with Crippen LogP contribution >= 0.6 is 12.4 Å². The Hall–Kier alpha value is -3.09. The van der Waals surface area contributed by atoms with Crippen LogP contribution in [0.3, 0.4) is 0 Å². The lowest BCUT2D eigenvalue weighted by Crippen LogP contribution is -2.53. The van der Waals surface area contributed by atoms with Crippen LogP contribution in [0.15, 0.2) is 72.8 Å². The van der Waals surface area contributed by atoms with Crippen LogP contribution in [0.25, 0.3) is 0 Å². The predicted octanol–water partition coefficient (Wildman–Crippen LogP) is 5.12.